The standard InChI is InChI=1S/C13H12N4O3S/c14-6-8-2-1-3-9-12(8)16-13(21-7-11(19)20)17(9)5-4-10(15)18/h1-3H,4-5,7H2,(H2,15,18)(H,19,20). The average Bonchev–Trinajstić information content (AvgIpc) is 2.80. The molecule has 21 heavy (non-hydrogen) atoms. The highest BCUT2D eigenvalue weighted by atomic mass is 32.2. The number of aromatic nitrogens is 2. The number of amides is 1. The number of primary amides is 1. The van der Waals surface area contributed by atoms with E-state index in [4.69, 9.17) is 16.1 Å². The summed E-state index contributed by atoms with van der Waals surface area (Å²) in [7, 11) is 0. The number of imidazole rings is 1. The number of aliphatic carboxylic acids is 1. The fourth-order valence-electron chi connectivity index (χ4n) is 1.89. The van der Waals surface area contributed by atoms with Crippen molar-refractivity contribution in [3.05, 3.63) is 23.8 Å². The van der Waals surface area contributed by atoms with Gasteiger partial charge in [-0.3, -0.25) is 9.59 Å². The van der Waals surface area contributed by atoms with Crippen LogP contribution >= 0.6 is 11.8 Å². The molecule has 7 nitrogen and oxygen atoms in total. The zero-order valence-electron chi connectivity index (χ0n) is 10.9. The summed E-state index contributed by atoms with van der Waals surface area (Å²) in [6.45, 7) is 0.294. The summed E-state index contributed by atoms with van der Waals surface area (Å²) in [4.78, 5) is 26.0. The summed E-state index contributed by atoms with van der Waals surface area (Å²) < 4.78 is 1.72. The first-order valence-corrected chi connectivity index (χ1v) is 7.03. The van der Waals surface area contributed by atoms with Gasteiger partial charge in [0.05, 0.1) is 16.8 Å². The van der Waals surface area contributed by atoms with Crippen molar-refractivity contribution in [2.24, 2.45) is 5.73 Å². The van der Waals surface area contributed by atoms with E-state index in [2.05, 4.69) is 4.98 Å². The second-order valence-electron chi connectivity index (χ2n) is 4.23. The minimum absolute atomic E-state index is 0.114. The maximum Gasteiger partial charge on any atom is 0.313 e. The van der Waals surface area contributed by atoms with Crippen LogP contribution in [-0.2, 0) is 16.1 Å². The highest BCUT2D eigenvalue weighted by Gasteiger charge is 2.15. The number of para-hydroxylation sites is 1. The molecule has 1 amide bonds. The number of hydrogen-bond donors (Lipinski definition) is 2. The first kappa shape index (κ1) is 14.9. The lowest BCUT2D eigenvalue weighted by molar-refractivity contribution is -0.134. The van der Waals surface area contributed by atoms with Gasteiger partial charge in [0.2, 0.25) is 5.91 Å². The number of aryl methyl sites for hydroxylation is 1. The second kappa shape index (κ2) is 6.28. The molecule has 0 unspecified atom stereocenters. The number of thioether (sulfide) groups is 1. The second-order valence-corrected chi connectivity index (χ2v) is 5.17. The third kappa shape index (κ3) is 3.32. The summed E-state index contributed by atoms with van der Waals surface area (Å²) >= 11 is 1.04. The quantitative estimate of drug-likeness (QED) is 0.766. The number of hydrogen-bond acceptors (Lipinski definition) is 5. The number of carboxylic acid groups (broad SMARTS) is 1. The number of nitriles is 1. The monoisotopic (exact) mass is 304 g/mol. The Balaban J connectivity index is 2.48. The maximum atomic E-state index is 11.0. The van der Waals surface area contributed by atoms with Crippen LogP contribution in [0.1, 0.15) is 12.0 Å². The fourth-order valence-corrected chi connectivity index (χ4v) is 2.64. The molecule has 0 fully saturated rings. The van der Waals surface area contributed by atoms with Gasteiger partial charge in [-0.2, -0.15) is 5.26 Å². The van der Waals surface area contributed by atoms with E-state index in [-0.39, 0.29) is 12.2 Å². The molecule has 1 aromatic carbocycles. The minimum Gasteiger partial charge on any atom is -0.481 e. The van der Waals surface area contributed by atoms with Gasteiger partial charge in [0, 0.05) is 13.0 Å². The van der Waals surface area contributed by atoms with Gasteiger partial charge in [0.25, 0.3) is 0 Å². The number of benzene rings is 1. The number of nitrogens with two attached hydrogens (primary N) is 1. The Labute approximate surface area is 124 Å². The van der Waals surface area contributed by atoms with Crippen molar-refractivity contribution in [1.29, 1.82) is 5.26 Å². The van der Waals surface area contributed by atoms with Gasteiger partial charge < -0.3 is 15.4 Å². The summed E-state index contributed by atoms with van der Waals surface area (Å²) in [5.74, 6) is -1.57. The number of carbonyl (C=O) groups is 2. The molecule has 0 aliphatic heterocycles. The molecule has 1 aromatic heterocycles. The molecule has 0 aliphatic carbocycles. The van der Waals surface area contributed by atoms with E-state index in [0.717, 1.165) is 11.8 Å². The lowest BCUT2D eigenvalue weighted by Gasteiger charge is -2.06. The van der Waals surface area contributed by atoms with Crippen molar-refractivity contribution in [3.63, 3.8) is 0 Å². The molecule has 0 saturated heterocycles. The zero-order chi connectivity index (χ0) is 15.4. The van der Waals surface area contributed by atoms with Gasteiger partial charge in [-0.15, -0.1) is 0 Å². The summed E-state index contributed by atoms with van der Waals surface area (Å²) in [6, 6.07) is 7.18. The molecule has 0 bridgehead atoms. The van der Waals surface area contributed by atoms with Crippen molar-refractivity contribution in [1.82, 2.24) is 9.55 Å². The van der Waals surface area contributed by atoms with Crippen molar-refractivity contribution in [3.8, 4) is 6.07 Å². The number of nitrogens with zero attached hydrogens (tertiary/aromatic N) is 3. The molecule has 3 N–H and O–H groups in total. The van der Waals surface area contributed by atoms with Crippen LogP contribution < -0.4 is 5.73 Å². The molecular weight excluding hydrogens is 292 g/mol. The minimum atomic E-state index is -0.964. The predicted octanol–water partition coefficient (Wildman–Crippen LogP) is 0.960. The highest BCUT2D eigenvalue weighted by Crippen LogP contribution is 2.26. The summed E-state index contributed by atoms with van der Waals surface area (Å²) in [5.41, 5.74) is 6.74. The van der Waals surface area contributed by atoms with Crippen LogP contribution in [0.25, 0.3) is 11.0 Å². The molecule has 0 atom stereocenters. The highest BCUT2D eigenvalue weighted by molar-refractivity contribution is 7.99. The molecule has 0 spiro atoms. The van der Waals surface area contributed by atoms with E-state index in [0.29, 0.717) is 28.3 Å². The van der Waals surface area contributed by atoms with E-state index in [1.165, 1.54) is 0 Å². The Kier molecular flexibility index (Phi) is 4.45. The first-order valence-electron chi connectivity index (χ1n) is 6.05. The molecule has 0 aliphatic rings. The van der Waals surface area contributed by atoms with Crippen LogP contribution in [0.4, 0.5) is 0 Å². The van der Waals surface area contributed by atoms with Gasteiger partial charge >= 0.3 is 5.97 Å². The lowest BCUT2D eigenvalue weighted by atomic mass is 10.2. The maximum absolute atomic E-state index is 11.0. The van der Waals surface area contributed by atoms with Gasteiger partial charge in [0.1, 0.15) is 11.6 Å². The van der Waals surface area contributed by atoms with E-state index in [9.17, 15) is 9.59 Å². The Hall–Kier alpha value is -2.53. The van der Waals surface area contributed by atoms with E-state index in [1.807, 2.05) is 6.07 Å². The number of carboxylic acids is 1. The largest absolute Gasteiger partial charge is 0.481 e. The van der Waals surface area contributed by atoms with Crippen LogP contribution in [0, 0.1) is 11.3 Å². The van der Waals surface area contributed by atoms with Crippen LogP contribution in [0.5, 0.6) is 0 Å². The molecule has 2 aromatic rings. The van der Waals surface area contributed by atoms with Gasteiger partial charge in [-0.25, -0.2) is 4.98 Å². The van der Waals surface area contributed by atoms with Gasteiger partial charge in [-0.1, -0.05) is 17.8 Å². The van der Waals surface area contributed by atoms with Crippen LogP contribution in [0.2, 0.25) is 0 Å². The van der Waals surface area contributed by atoms with Crippen LogP contribution in [0.3, 0.4) is 0 Å². The van der Waals surface area contributed by atoms with Crippen molar-refractivity contribution >= 4 is 34.7 Å². The fraction of sp³-hybridized carbons (Fsp3) is 0.231. The van der Waals surface area contributed by atoms with Crippen LogP contribution in [-0.4, -0.2) is 32.3 Å². The smallest absolute Gasteiger partial charge is 0.313 e. The van der Waals surface area contributed by atoms with Crippen molar-refractivity contribution < 1.29 is 14.7 Å². The number of fused-ring (bicyclic) bond motifs is 1. The summed E-state index contributed by atoms with van der Waals surface area (Å²) in [6.07, 6.45) is 0.114. The third-order valence-corrected chi connectivity index (χ3v) is 3.73. The normalized spacial score (nSPS) is 10.4. The van der Waals surface area contributed by atoms with Gasteiger partial charge in [-0.05, 0) is 12.1 Å². The van der Waals surface area contributed by atoms with Crippen molar-refractivity contribution in [2.45, 2.75) is 18.1 Å². The molecule has 2 rings (SSSR count). The average molecular weight is 304 g/mol. The molecule has 8 heteroatoms. The molecule has 0 saturated carbocycles. The molecular formula is C13H12N4O3S. The van der Waals surface area contributed by atoms with E-state index in [1.54, 1.807) is 22.8 Å². The Bertz CT molecular complexity index is 748. The number of rotatable bonds is 6. The van der Waals surface area contributed by atoms with E-state index >= 15 is 0 Å². The molecule has 108 valence electrons. The van der Waals surface area contributed by atoms with Crippen molar-refractivity contribution in [2.75, 3.05) is 5.75 Å². The molecule has 0 radical (unpaired) electrons. The van der Waals surface area contributed by atoms with E-state index < -0.39 is 11.9 Å². The Morgan fingerprint density at radius 1 is 1.48 bits per heavy atom. The lowest BCUT2D eigenvalue weighted by Crippen LogP contribution is -2.14. The molecule has 1 heterocycles. The topological polar surface area (TPSA) is 122 Å². The Morgan fingerprint density at radius 3 is 2.86 bits per heavy atom. The van der Waals surface area contributed by atoms with Gasteiger partial charge in [0.15, 0.2) is 5.16 Å². The third-order valence-electron chi connectivity index (χ3n) is 2.77. The first-order chi connectivity index (χ1) is 10.0. The van der Waals surface area contributed by atoms with Crippen LogP contribution in [0.15, 0.2) is 23.4 Å². The predicted molar refractivity (Wildman–Crippen MR) is 76.6 cm³/mol. The Morgan fingerprint density at radius 2 is 2.24 bits per heavy atom. The number of carbonyl (C=O) groups excluding carboxylic acids is 1. The zero-order valence-corrected chi connectivity index (χ0v) is 11.8. The summed E-state index contributed by atoms with van der Waals surface area (Å²) in [5, 5.41) is 18.3. The SMILES string of the molecule is N#Cc1cccc2c1nc(SCC(=O)O)n2CCC(N)=O.